The highest BCUT2D eigenvalue weighted by atomic mass is 16.5. The molecule has 1 aliphatic rings. The molecule has 27 heavy (non-hydrogen) atoms. The van der Waals surface area contributed by atoms with Gasteiger partial charge in [-0.15, -0.1) is 0 Å². The molecule has 0 saturated carbocycles. The van der Waals surface area contributed by atoms with Crippen LogP contribution in [0.1, 0.15) is 0 Å². The molecule has 0 atom stereocenters. The van der Waals surface area contributed by atoms with Crippen LogP contribution in [-0.2, 0) is 4.74 Å². The second-order valence-corrected chi connectivity index (χ2v) is 6.18. The van der Waals surface area contributed by atoms with Crippen molar-refractivity contribution in [1.29, 1.82) is 0 Å². The summed E-state index contributed by atoms with van der Waals surface area (Å²) in [6.45, 7) is 2.81. The number of morpholine rings is 1. The molecule has 0 radical (unpaired) electrons. The van der Waals surface area contributed by atoms with E-state index in [0.717, 1.165) is 41.3 Å². The van der Waals surface area contributed by atoms with E-state index in [1.54, 1.807) is 24.5 Å². The van der Waals surface area contributed by atoms with Crippen LogP contribution in [-0.4, -0.2) is 71.7 Å². The second-order valence-electron chi connectivity index (χ2n) is 6.18. The zero-order valence-corrected chi connectivity index (χ0v) is 15.3. The molecule has 1 fully saturated rings. The van der Waals surface area contributed by atoms with Gasteiger partial charge in [0.2, 0.25) is 5.95 Å². The monoisotopic (exact) mass is 367 g/mol. The third-order valence-electron chi connectivity index (χ3n) is 4.30. The van der Waals surface area contributed by atoms with Crippen molar-refractivity contribution in [3.63, 3.8) is 0 Å². The first kappa shape index (κ1) is 17.2. The normalized spacial score (nSPS) is 15.0. The summed E-state index contributed by atoms with van der Waals surface area (Å²) in [7, 11) is 3.58. The molecule has 140 valence electrons. The summed E-state index contributed by atoms with van der Waals surface area (Å²) >= 11 is 0. The predicted octanol–water partition coefficient (Wildman–Crippen LogP) is 0.928. The number of ether oxygens (including phenoxy) is 1. The van der Waals surface area contributed by atoms with Crippen LogP contribution in [0.5, 0.6) is 0 Å². The Morgan fingerprint density at radius 1 is 1.26 bits per heavy atom. The molecule has 0 unspecified atom stereocenters. The fourth-order valence-corrected chi connectivity index (χ4v) is 2.98. The predicted molar refractivity (Wildman–Crippen MR) is 105 cm³/mol. The molecule has 4 rings (SSSR count). The Labute approximate surface area is 156 Å². The maximum Gasteiger partial charge on any atom is 0.233 e. The summed E-state index contributed by atoms with van der Waals surface area (Å²) in [6.07, 6.45) is 3.35. The van der Waals surface area contributed by atoms with E-state index in [1.165, 1.54) is 0 Å². The molecule has 0 amide bonds. The van der Waals surface area contributed by atoms with Gasteiger partial charge >= 0.3 is 0 Å². The SMILES string of the molecule is CN=CN(C)c1nc(N2CCOCC2)c2nc(-c3cnc(N)[nH]3)ccc2n1. The van der Waals surface area contributed by atoms with Crippen LogP contribution in [0.25, 0.3) is 22.4 Å². The van der Waals surface area contributed by atoms with E-state index in [-0.39, 0.29) is 0 Å². The summed E-state index contributed by atoms with van der Waals surface area (Å²) in [4.78, 5) is 29.2. The number of nitrogens with two attached hydrogens (primary N) is 1. The molecule has 10 heteroatoms. The van der Waals surface area contributed by atoms with Gasteiger partial charge in [0.1, 0.15) is 5.52 Å². The first-order chi connectivity index (χ1) is 13.2. The van der Waals surface area contributed by atoms with Gasteiger partial charge in [0.05, 0.1) is 42.7 Å². The van der Waals surface area contributed by atoms with Crippen molar-refractivity contribution in [2.75, 3.05) is 55.9 Å². The number of aromatic amines is 1. The van der Waals surface area contributed by atoms with Crippen LogP contribution in [0.3, 0.4) is 0 Å². The van der Waals surface area contributed by atoms with E-state index in [9.17, 15) is 0 Å². The van der Waals surface area contributed by atoms with E-state index >= 15 is 0 Å². The highest BCUT2D eigenvalue weighted by Gasteiger charge is 2.20. The lowest BCUT2D eigenvalue weighted by atomic mass is 10.2. The molecule has 0 spiro atoms. The topological polar surface area (TPSA) is 121 Å². The van der Waals surface area contributed by atoms with E-state index in [4.69, 9.17) is 20.4 Å². The van der Waals surface area contributed by atoms with Crippen molar-refractivity contribution in [2.45, 2.75) is 0 Å². The minimum Gasteiger partial charge on any atom is -0.378 e. The molecule has 0 aliphatic carbocycles. The molecule has 0 bridgehead atoms. The molecule has 3 N–H and O–H groups in total. The average molecular weight is 367 g/mol. The average Bonchev–Trinajstić information content (AvgIpc) is 3.14. The second kappa shape index (κ2) is 7.16. The molecule has 0 aromatic carbocycles. The number of nitrogens with zero attached hydrogens (tertiary/aromatic N) is 7. The lowest BCUT2D eigenvalue weighted by molar-refractivity contribution is 0.122. The Morgan fingerprint density at radius 2 is 2.07 bits per heavy atom. The third-order valence-corrected chi connectivity index (χ3v) is 4.30. The van der Waals surface area contributed by atoms with Crippen LogP contribution in [0, 0.1) is 0 Å². The number of pyridine rings is 1. The fourth-order valence-electron chi connectivity index (χ4n) is 2.98. The summed E-state index contributed by atoms with van der Waals surface area (Å²) < 4.78 is 5.48. The Kier molecular flexibility index (Phi) is 4.55. The van der Waals surface area contributed by atoms with Crippen LogP contribution in [0.2, 0.25) is 0 Å². The van der Waals surface area contributed by atoms with Crippen LogP contribution in [0.15, 0.2) is 23.3 Å². The van der Waals surface area contributed by atoms with Gasteiger partial charge in [-0.2, -0.15) is 4.98 Å². The molecular weight excluding hydrogens is 346 g/mol. The zero-order valence-electron chi connectivity index (χ0n) is 15.3. The number of H-pyrrole nitrogens is 1. The standard InChI is InChI=1S/C17H21N9O/c1-19-10-25(2)17-23-12-4-3-11(13-9-20-16(18)22-13)21-14(12)15(24-17)26-5-7-27-8-6-26/h3-4,9-10H,5-8H2,1-2H3,(H3,18,20,22). The van der Waals surface area contributed by atoms with Crippen molar-refractivity contribution in [3.05, 3.63) is 18.3 Å². The number of nitrogens with one attached hydrogen (secondary N) is 1. The molecule has 4 heterocycles. The summed E-state index contributed by atoms with van der Waals surface area (Å²) in [5.41, 5.74) is 8.67. The molecule has 1 aliphatic heterocycles. The summed E-state index contributed by atoms with van der Waals surface area (Å²) in [5, 5.41) is 0. The Hall–Kier alpha value is -3.27. The number of aromatic nitrogens is 5. The molecule has 3 aromatic rings. The minimum absolute atomic E-state index is 0.354. The maximum absolute atomic E-state index is 5.70. The van der Waals surface area contributed by atoms with Crippen molar-refractivity contribution >= 4 is 35.1 Å². The largest absolute Gasteiger partial charge is 0.378 e. The highest BCUT2D eigenvalue weighted by molar-refractivity contribution is 5.90. The van der Waals surface area contributed by atoms with Crippen molar-refractivity contribution in [1.82, 2.24) is 24.9 Å². The number of rotatable bonds is 4. The number of aliphatic imine (C=N–C) groups is 1. The summed E-state index contributed by atoms with van der Waals surface area (Å²) in [5.74, 6) is 1.70. The summed E-state index contributed by atoms with van der Waals surface area (Å²) in [6, 6.07) is 3.82. The van der Waals surface area contributed by atoms with Crippen LogP contribution in [0.4, 0.5) is 17.7 Å². The lowest BCUT2D eigenvalue weighted by Gasteiger charge is -2.29. The lowest BCUT2D eigenvalue weighted by Crippen LogP contribution is -2.37. The van der Waals surface area contributed by atoms with Gasteiger partial charge < -0.3 is 25.3 Å². The van der Waals surface area contributed by atoms with Gasteiger partial charge in [-0.25, -0.2) is 15.0 Å². The van der Waals surface area contributed by atoms with Crippen molar-refractivity contribution in [2.24, 2.45) is 4.99 Å². The minimum atomic E-state index is 0.354. The Morgan fingerprint density at radius 3 is 2.78 bits per heavy atom. The fraction of sp³-hybridized carbons (Fsp3) is 0.353. The van der Waals surface area contributed by atoms with E-state index in [1.807, 2.05) is 19.2 Å². The Bertz CT molecular complexity index is 978. The highest BCUT2D eigenvalue weighted by Crippen LogP contribution is 2.28. The van der Waals surface area contributed by atoms with E-state index < -0.39 is 0 Å². The first-order valence-corrected chi connectivity index (χ1v) is 8.63. The number of anilines is 3. The molecular formula is C17H21N9O. The van der Waals surface area contributed by atoms with Crippen molar-refractivity contribution in [3.8, 4) is 11.4 Å². The smallest absolute Gasteiger partial charge is 0.233 e. The van der Waals surface area contributed by atoms with Gasteiger partial charge in [-0.05, 0) is 12.1 Å². The number of fused-ring (bicyclic) bond motifs is 1. The van der Waals surface area contributed by atoms with Gasteiger partial charge in [0.25, 0.3) is 0 Å². The molecule has 3 aromatic heterocycles. The number of hydrogen-bond acceptors (Lipinski definition) is 8. The van der Waals surface area contributed by atoms with Crippen molar-refractivity contribution < 1.29 is 4.74 Å². The first-order valence-electron chi connectivity index (χ1n) is 8.63. The number of hydrogen-bond donors (Lipinski definition) is 2. The molecule has 10 nitrogen and oxygen atoms in total. The quantitative estimate of drug-likeness (QED) is 0.516. The van der Waals surface area contributed by atoms with Gasteiger partial charge in [0, 0.05) is 27.2 Å². The van der Waals surface area contributed by atoms with Gasteiger partial charge in [0.15, 0.2) is 11.8 Å². The molecule has 1 saturated heterocycles. The van der Waals surface area contributed by atoms with Crippen LogP contribution >= 0.6 is 0 Å². The number of nitrogen functional groups attached to an aromatic ring is 1. The van der Waals surface area contributed by atoms with Gasteiger partial charge in [-0.3, -0.25) is 4.99 Å². The third kappa shape index (κ3) is 3.38. The van der Waals surface area contributed by atoms with Crippen LogP contribution < -0.4 is 15.5 Å². The van der Waals surface area contributed by atoms with E-state index in [2.05, 4.69) is 24.8 Å². The van der Waals surface area contributed by atoms with Gasteiger partial charge in [-0.1, -0.05) is 0 Å². The van der Waals surface area contributed by atoms with E-state index in [0.29, 0.717) is 25.1 Å². The number of imidazole rings is 1. The maximum atomic E-state index is 5.70. The zero-order chi connectivity index (χ0) is 18.8. The Balaban J connectivity index is 1.86.